The van der Waals surface area contributed by atoms with Crippen LogP contribution in [0.4, 0.5) is 0 Å². The summed E-state index contributed by atoms with van der Waals surface area (Å²) in [5.41, 5.74) is 2.53. The Morgan fingerprint density at radius 2 is 2.00 bits per heavy atom. The summed E-state index contributed by atoms with van der Waals surface area (Å²) < 4.78 is 13.1. The molecule has 0 radical (unpaired) electrons. The Balaban J connectivity index is 1.93. The Kier molecular flexibility index (Phi) is 8.23. The summed E-state index contributed by atoms with van der Waals surface area (Å²) in [6, 6.07) is 9.79. The third-order valence-electron chi connectivity index (χ3n) is 5.91. The molecule has 1 aliphatic rings. The Bertz CT molecular complexity index is 1600. The number of thiazole rings is 1. The number of phenols is 1. The number of aromatic nitrogens is 1. The molecule has 0 aliphatic carbocycles. The van der Waals surface area contributed by atoms with Crippen LogP contribution in [0.3, 0.4) is 0 Å². The number of carbonyl (C=O) groups excluding carboxylic acids is 1. The highest BCUT2D eigenvalue weighted by Gasteiger charge is 2.33. The third kappa shape index (κ3) is 5.47. The predicted octanol–water partition coefficient (Wildman–Crippen LogP) is 4.67. The van der Waals surface area contributed by atoms with E-state index in [1.807, 2.05) is 6.92 Å². The van der Waals surface area contributed by atoms with Gasteiger partial charge in [0.25, 0.3) is 5.56 Å². The summed E-state index contributed by atoms with van der Waals surface area (Å²) in [5.74, 6) is -0.138. The first-order valence-electron chi connectivity index (χ1n) is 12.2. The zero-order chi connectivity index (χ0) is 27.6. The normalized spacial score (nSPS) is 15.3. The fourth-order valence-corrected chi connectivity index (χ4v) is 5.49. The van der Waals surface area contributed by atoms with Crippen molar-refractivity contribution in [2.24, 2.45) is 4.99 Å². The summed E-state index contributed by atoms with van der Waals surface area (Å²) in [7, 11) is 0. The molecular weight excluding hydrogens is 524 g/mol. The van der Waals surface area contributed by atoms with Gasteiger partial charge in [-0.05, 0) is 75.6 Å². The van der Waals surface area contributed by atoms with Gasteiger partial charge in [-0.3, -0.25) is 9.36 Å². The first-order valence-corrected chi connectivity index (χ1v) is 13.4. The van der Waals surface area contributed by atoms with E-state index >= 15 is 0 Å². The molecule has 7 nitrogen and oxygen atoms in total. The van der Waals surface area contributed by atoms with E-state index in [0.717, 1.165) is 0 Å². The van der Waals surface area contributed by atoms with Gasteiger partial charge < -0.3 is 14.6 Å². The minimum absolute atomic E-state index is 0.0528. The van der Waals surface area contributed by atoms with Crippen molar-refractivity contribution in [3.63, 3.8) is 0 Å². The number of hydrogen-bond acceptors (Lipinski definition) is 7. The highest BCUT2D eigenvalue weighted by Crippen LogP contribution is 2.33. The van der Waals surface area contributed by atoms with Crippen LogP contribution < -0.4 is 19.6 Å². The summed E-state index contributed by atoms with van der Waals surface area (Å²) in [6.45, 7) is 11.3. The smallest absolute Gasteiger partial charge is 0.338 e. The molecule has 0 saturated heterocycles. The molecule has 9 heteroatoms. The molecule has 1 aromatic heterocycles. The van der Waals surface area contributed by atoms with Crippen molar-refractivity contribution in [1.82, 2.24) is 4.57 Å². The number of benzene rings is 2. The van der Waals surface area contributed by atoms with Crippen molar-refractivity contribution in [3.8, 4) is 11.5 Å². The number of rotatable bonds is 8. The highest BCUT2D eigenvalue weighted by atomic mass is 35.5. The summed E-state index contributed by atoms with van der Waals surface area (Å²) in [4.78, 5) is 32.1. The Hall–Kier alpha value is -3.62. The number of hydrogen-bond donors (Lipinski definition) is 1. The number of ether oxygens (including phenoxy) is 2. The van der Waals surface area contributed by atoms with E-state index in [2.05, 4.69) is 11.6 Å². The maximum absolute atomic E-state index is 13.8. The topological polar surface area (TPSA) is 90.1 Å². The van der Waals surface area contributed by atoms with Crippen molar-refractivity contribution in [2.45, 2.75) is 46.3 Å². The fourth-order valence-electron chi connectivity index (χ4n) is 4.32. The van der Waals surface area contributed by atoms with E-state index in [1.54, 1.807) is 69.3 Å². The maximum atomic E-state index is 13.8. The molecule has 1 atom stereocenters. The van der Waals surface area contributed by atoms with Crippen LogP contribution in [0.25, 0.3) is 6.08 Å². The Morgan fingerprint density at radius 3 is 2.63 bits per heavy atom. The van der Waals surface area contributed by atoms with Crippen LogP contribution in [-0.2, 0) is 16.0 Å². The molecule has 198 valence electrons. The van der Waals surface area contributed by atoms with E-state index < -0.39 is 12.0 Å². The van der Waals surface area contributed by atoms with Crippen molar-refractivity contribution < 1.29 is 19.4 Å². The minimum Gasteiger partial charge on any atom is -0.504 e. The quantitative estimate of drug-likeness (QED) is 0.324. The van der Waals surface area contributed by atoms with Gasteiger partial charge in [0.05, 0.1) is 34.6 Å². The number of nitrogens with zero attached hydrogens (tertiary/aromatic N) is 2. The average Bonchev–Trinajstić information content (AvgIpc) is 3.15. The fraction of sp³-hybridized carbons (Fsp3) is 0.276. The molecule has 1 aliphatic heterocycles. The summed E-state index contributed by atoms with van der Waals surface area (Å²) >= 11 is 7.35. The van der Waals surface area contributed by atoms with E-state index in [-0.39, 0.29) is 17.4 Å². The lowest BCUT2D eigenvalue weighted by Crippen LogP contribution is -2.40. The van der Waals surface area contributed by atoms with Crippen molar-refractivity contribution in [3.05, 3.63) is 102 Å². The first-order chi connectivity index (χ1) is 18.1. The molecular formula is C29H29ClN2O5S. The monoisotopic (exact) mass is 552 g/mol. The van der Waals surface area contributed by atoms with Gasteiger partial charge >= 0.3 is 5.97 Å². The largest absolute Gasteiger partial charge is 0.504 e. The van der Waals surface area contributed by atoms with Crippen molar-refractivity contribution in [2.75, 3.05) is 6.61 Å². The van der Waals surface area contributed by atoms with Crippen molar-refractivity contribution >= 4 is 35.0 Å². The van der Waals surface area contributed by atoms with Gasteiger partial charge in [-0.1, -0.05) is 41.1 Å². The molecule has 4 rings (SSSR count). The lowest BCUT2D eigenvalue weighted by atomic mass is 9.96. The Labute approximate surface area is 229 Å². The molecule has 2 aromatic carbocycles. The standard InChI is InChI=1S/C29H29ClN2O5S/c1-6-8-20-13-18(14-22(26(20)33)36-7-2)15-23-27(34)32-25(19-9-11-21(30)12-10-19)24(28(35)37-16(3)4)17(5)31-29(32)38-23/h6,9-16,25,33H,1,7-8H2,2-5H3/b23-15+/t25-/m0/s1. The van der Waals surface area contributed by atoms with Gasteiger partial charge in [0.2, 0.25) is 0 Å². The molecule has 0 amide bonds. The van der Waals surface area contributed by atoms with E-state index in [9.17, 15) is 14.7 Å². The van der Waals surface area contributed by atoms with Gasteiger partial charge in [0.15, 0.2) is 16.3 Å². The molecule has 0 fully saturated rings. The molecule has 3 aromatic rings. The maximum Gasteiger partial charge on any atom is 0.338 e. The molecule has 1 N–H and O–H groups in total. The second kappa shape index (κ2) is 11.4. The SMILES string of the molecule is C=CCc1cc(/C=c2/sc3n(c2=O)[C@@H](c2ccc(Cl)cc2)C(C(=O)OC(C)C)=C(C)N=3)cc(OCC)c1O. The highest BCUT2D eigenvalue weighted by molar-refractivity contribution is 7.07. The molecule has 0 bridgehead atoms. The van der Waals surface area contributed by atoms with Crippen LogP contribution in [0, 0.1) is 0 Å². The van der Waals surface area contributed by atoms with Crippen LogP contribution in [0.1, 0.15) is 50.4 Å². The number of allylic oxidation sites excluding steroid dienone is 2. The lowest BCUT2D eigenvalue weighted by Gasteiger charge is -2.25. The van der Waals surface area contributed by atoms with Crippen LogP contribution in [0.2, 0.25) is 5.02 Å². The molecule has 0 saturated carbocycles. The first kappa shape index (κ1) is 27.4. The number of carbonyl (C=O) groups is 1. The van der Waals surface area contributed by atoms with Crippen LogP contribution in [0.15, 0.2) is 70.1 Å². The number of fused-ring (bicyclic) bond motifs is 1. The van der Waals surface area contributed by atoms with Crippen LogP contribution in [0.5, 0.6) is 11.5 Å². The Morgan fingerprint density at radius 1 is 1.29 bits per heavy atom. The van der Waals surface area contributed by atoms with Crippen LogP contribution >= 0.6 is 22.9 Å². The third-order valence-corrected chi connectivity index (χ3v) is 7.14. The van der Waals surface area contributed by atoms with Gasteiger partial charge in [0, 0.05) is 10.6 Å². The van der Waals surface area contributed by atoms with E-state index in [0.29, 0.717) is 61.1 Å². The molecule has 0 unspecified atom stereocenters. The number of esters is 1. The lowest BCUT2D eigenvalue weighted by molar-refractivity contribution is -0.143. The van der Waals surface area contributed by atoms with Crippen LogP contribution in [-0.4, -0.2) is 28.4 Å². The molecule has 2 heterocycles. The van der Waals surface area contributed by atoms with Gasteiger partial charge in [0.1, 0.15) is 0 Å². The number of phenolic OH excluding ortho intramolecular Hbond substituents is 1. The summed E-state index contributed by atoms with van der Waals surface area (Å²) in [5, 5.41) is 11.1. The molecule has 38 heavy (non-hydrogen) atoms. The summed E-state index contributed by atoms with van der Waals surface area (Å²) in [6.07, 6.45) is 3.53. The zero-order valence-electron chi connectivity index (χ0n) is 21.7. The van der Waals surface area contributed by atoms with Gasteiger partial charge in [-0.2, -0.15) is 0 Å². The second-order valence-electron chi connectivity index (χ2n) is 9.04. The second-order valence-corrected chi connectivity index (χ2v) is 10.5. The predicted molar refractivity (Wildman–Crippen MR) is 150 cm³/mol. The van der Waals surface area contributed by atoms with Gasteiger partial charge in [-0.25, -0.2) is 9.79 Å². The van der Waals surface area contributed by atoms with Crippen molar-refractivity contribution in [1.29, 1.82) is 0 Å². The van der Waals surface area contributed by atoms with E-state index in [4.69, 9.17) is 21.1 Å². The minimum atomic E-state index is -0.730. The average molecular weight is 553 g/mol. The number of halogens is 1. The molecule has 0 spiro atoms. The number of aromatic hydroxyl groups is 1. The zero-order valence-corrected chi connectivity index (χ0v) is 23.2. The van der Waals surface area contributed by atoms with E-state index in [1.165, 1.54) is 15.9 Å². The van der Waals surface area contributed by atoms with Gasteiger partial charge in [-0.15, -0.1) is 6.58 Å².